The van der Waals surface area contributed by atoms with Crippen LogP contribution >= 0.6 is 23.2 Å². The zero-order chi connectivity index (χ0) is 13.7. The third kappa shape index (κ3) is 4.20. The summed E-state index contributed by atoms with van der Waals surface area (Å²) in [6.45, 7) is 0. The average molecular weight is 295 g/mol. The Hall–Kier alpha value is -1.09. The van der Waals surface area contributed by atoms with Gasteiger partial charge in [-0.3, -0.25) is 4.98 Å². The van der Waals surface area contributed by atoms with Gasteiger partial charge in [-0.15, -0.1) is 0 Å². The number of aromatic nitrogens is 1. The molecule has 1 unspecified atom stereocenters. The molecule has 1 N–H and O–H groups in total. The average Bonchev–Trinajstić information content (AvgIpc) is 2.43. The van der Waals surface area contributed by atoms with Gasteiger partial charge >= 0.3 is 0 Å². The van der Waals surface area contributed by atoms with Gasteiger partial charge in [-0.1, -0.05) is 29.3 Å². The van der Waals surface area contributed by atoms with Crippen LogP contribution in [0.2, 0.25) is 10.0 Å². The first kappa shape index (κ1) is 14.3. The highest BCUT2D eigenvalue weighted by Crippen LogP contribution is 2.22. The van der Waals surface area contributed by atoms with Crippen LogP contribution in [0.3, 0.4) is 0 Å². The van der Waals surface area contributed by atoms with Crippen molar-refractivity contribution in [3.63, 3.8) is 0 Å². The van der Waals surface area contributed by atoms with Crippen molar-refractivity contribution in [2.45, 2.75) is 18.9 Å². The van der Waals surface area contributed by atoms with E-state index in [1.165, 1.54) is 5.56 Å². The largest absolute Gasteiger partial charge is 0.316 e. The predicted octanol–water partition coefficient (Wildman–Crippen LogP) is 3.76. The molecule has 2 nitrogen and oxygen atoms in total. The molecule has 1 aromatic heterocycles. The Kier molecular flexibility index (Phi) is 5.20. The molecule has 4 heteroatoms. The Morgan fingerprint density at radius 3 is 2.74 bits per heavy atom. The molecule has 0 saturated carbocycles. The lowest BCUT2D eigenvalue weighted by atomic mass is 10.00. The molecule has 0 spiro atoms. The Bertz CT molecular complexity index is 529. The number of rotatable bonds is 5. The molecule has 2 aromatic rings. The second-order valence-corrected chi connectivity index (χ2v) is 5.33. The number of pyridine rings is 1. The molecule has 0 aliphatic carbocycles. The summed E-state index contributed by atoms with van der Waals surface area (Å²) in [5, 5.41) is 4.79. The Morgan fingerprint density at radius 1 is 1.21 bits per heavy atom. The van der Waals surface area contributed by atoms with Gasteiger partial charge in [-0.25, -0.2) is 0 Å². The normalized spacial score (nSPS) is 12.4. The van der Waals surface area contributed by atoms with E-state index in [2.05, 4.69) is 16.4 Å². The minimum Gasteiger partial charge on any atom is -0.316 e. The van der Waals surface area contributed by atoms with E-state index in [9.17, 15) is 0 Å². The standard InChI is InChI=1S/C15H16Cl2N2/c1-18-14(7-11-3-2-6-19-10-11)9-12-8-13(16)4-5-15(12)17/h2-6,8,10,14,18H,7,9H2,1H3. The van der Waals surface area contributed by atoms with Gasteiger partial charge in [0.05, 0.1) is 0 Å². The quantitative estimate of drug-likeness (QED) is 0.908. The van der Waals surface area contributed by atoms with Crippen molar-refractivity contribution in [2.75, 3.05) is 7.05 Å². The van der Waals surface area contributed by atoms with Crippen LogP contribution in [0, 0.1) is 0 Å². The monoisotopic (exact) mass is 294 g/mol. The molecule has 0 radical (unpaired) electrons. The summed E-state index contributed by atoms with van der Waals surface area (Å²) in [5.74, 6) is 0. The first-order valence-corrected chi connectivity index (χ1v) is 6.94. The van der Waals surface area contributed by atoms with Gasteiger partial charge in [0, 0.05) is 28.5 Å². The Morgan fingerprint density at radius 2 is 2.05 bits per heavy atom. The number of nitrogens with zero attached hydrogens (tertiary/aromatic N) is 1. The van der Waals surface area contributed by atoms with Gasteiger partial charge in [-0.2, -0.15) is 0 Å². The molecule has 1 heterocycles. The van der Waals surface area contributed by atoms with Gasteiger partial charge in [0.2, 0.25) is 0 Å². The molecular weight excluding hydrogens is 279 g/mol. The SMILES string of the molecule is CNC(Cc1cccnc1)Cc1cc(Cl)ccc1Cl. The van der Waals surface area contributed by atoms with E-state index in [4.69, 9.17) is 23.2 Å². The molecule has 0 aliphatic heterocycles. The van der Waals surface area contributed by atoms with Crippen LogP contribution in [0.15, 0.2) is 42.7 Å². The highest BCUT2D eigenvalue weighted by atomic mass is 35.5. The zero-order valence-electron chi connectivity index (χ0n) is 10.7. The van der Waals surface area contributed by atoms with Crippen molar-refractivity contribution in [1.82, 2.24) is 10.3 Å². The third-order valence-corrected chi connectivity index (χ3v) is 3.69. The number of likely N-dealkylation sites (N-methyl/N-ethyl adjacent to an activating group) is 1. The van der Waals surface area contributed by atoms with E-state index in [-0.39, 0.29) is 0 Å². The second-order valence-electron chi connectivity index (χ2n) is 4.49. The third-order valence-electron chi connectivity index (χ3n) is 3.09. The van der Waals surface area contributed by atoms with Crippen LogP contribution in [0.1, 0.15) is 11.1 Å². The van der Waals surface area contributed by atoms with E-state index >= 15 is 0 Å². The highest BCUT2D eigenvalue weighted by molar-refractivity contribution is 6.33. The molecular formula is C15H16Cl2N2. The van der Waals surface area contributed by atoms with Crippen molar-refractivity contribution in [3.8, 4) is 0 Å². The lowest BCUT2D eigenvalue weighted by molar-refractivity contribution is 0.556. The molecule has 0 fully saturated rings. The molecule has 0 amide bonds. The maximum atomic E-state index is 6.20. The predicted molar refractivity (Wildman–Crippen MR) is 81.0 cm³/mol. The van der Waals surface area contributed by atoms with Crippen molar-refractivity contribution in [2.24, 2.45) is 0 Å². The lowest BCUT2D eigenvalue weighted by Gasteiger charge is -2.17. The molecule has 0 bridgehead atoms. The molecule has 19 heavy (non-hydrogen) atoms. The summed E-state index contributed by atoms with van der Waals surface area (Å²) >= 11 is 12.2. The minimum absolute atomic E-state index is 0.306. The van der Waals surface area contributed by atoms with Gasteiger partial charge < -0.3 is 5.32 Å². The molecule has 0 aliphatic rings. The van der Waals surface area contributed by atoms with Crippen LogP contribution in [-0.4, -0.2) is 18.1 Å². The fourth-order valence-corrected chi connectivity index (χ4v) is 2.43. The maximum absolute atomic E-state index is 6.20. The van der Waals surface area contributed by atoms with Crippen LogP contribution in [0.4, 0.5) is 0 Å². The van der Waals surface area contributed by atoms with Crippen LogP contribution < -0.4 is 5.32 Å². The maximum Gasteiger partial charge on any atom is 0.0439 e. The van der Waals surface area contributed by atoms with Gasteiger partial charge in [0.25, 0.3) is 0 Å². The van der Waals surface area contributed by atoms with Crippen molar-refractivity contribution in [3.05, 3.63) is 63.9 Å². The Labute approximate surface area is 123 Å². The van der Waals surface area contributed by atoms with Crippen molar-refractivity contribution < 1.29 is 0 Å². The van der Waals surface area contributed by atoms with Crippen LogP contribution in [0.25, 0.3) is 0 Å². The molecule has 100 valence electrons. The van der Waals surface area contributed by atoms with E-state index in [0.717, 1.165) is 28.5 Å². The van der Waals surface area contributed by atoms with E-state index < -0.39 is 0 Å². The Balaban J connectivity index is 2.09. The summed E-state index contributed by atoms with van der Waals surface area (Å²) in [4.78, 5) is 4.14. The number of halogens is 2. The summed E-state index contributed by atoms with van der Waals surface area (Å²) in [6, 6.07) is 9.92. The topological polar surface area (TPSA) is 24.9 Å². The van der Waals surface area contributed by atoms with Crippen LogP contribution in [0.5, 0.6) is 0 Å². The molecule has 1 aromatic carbocycles. The fourth-order valence-electron chi connectivity index (χ4n) is 2.04. The lowest BCUT2D eigenvalue weighted by Crippen LogP contribution is -2.30. The van der Waals surface area contributed by atoms with Gasteiger partial charge in [0.15, 0.2) is 0 Å². The smallest absolute Gasteiger partial charge is 0.0439 e. The van der Waals surface area contributed by atoms with E-state index in [1.54, 1.807) is 6.20 Å². The number of nitrogens with one attached hydrogen (secondary N) is 1. The molecule has 0 saturated heterocycles. The highest BCUT2D eigenvalue weighted by Gasteiger charge is 2.11. The number of benzene rings is 1. The first-order valence-electron chi connectivity index (χ1n) is 6.19. The second kappa shape index (κ2) is 6.90. The minimum atomic E-state index is 0.306. The summed E-state index contributed by atoms with van der Waals surface area (Å²) in [6.07, 6.45) is 5.42. The zero-order valence-corrected chi connectivity index (χ0v) is 12.2. The van der Waals surface area contributed by atoms with Crippen LogP contribution in [-0.2, 0) is 12.8 Å². The van der Waals surface area contributed by atoms with Gasteiger partial charge in [-0.05, 0) is 55.3 Å². The van der Waals surface area contributed by atoms with E-state index in [0.29, 0.717) is 6.04 Å². The van der Waals surface area contributed by atoms with Crippen molar-refractivity contribution >= 4 is 23.2 Å². The fraction of sp³-hybridized carbons (Fsp3) is 0.267. The molecule has 2 rings (SSSR count). The summed E-state index contributed by atoms with van der Waals surface area (Å²) in [5.41, 5.74) is 2.28. The van der Waals surface area contributed by atoms with Gasteiger partial charge in [0.1, 0.15) is 0 Å². The number of hydrogen-bond acceptors (Lipinski definition) is 2. The summed E-state index contributed by atoms with van der Waals surface area (Å²) < 4.78 is 0. The van der Waals surface area contributed by atoms with Crippen molar-refractivity contribution in [1.29, 1.82) is 0 Å². The number of hydrogen-bond donors (Lipinski definition) is 1. The molecule has 1 atom stereocenters. The summed E-state index contributed by atoms with van der Waals surface area (Å²) in [7, 11) is 1.96. The van der Waals surface area contributed by atoms with E-state index in [1.807, 2.05) is 37.5 Å². The first-order chi connectivity index (χ1) is 9.19.